The van der Waals surface area contributed by atoms with Crippen molar-refractivity contribution in [3.05, 3.63) is 29.8 Å². The SMILES string of the molecule is CC(C)(C)c1ccc(S(=O)(=O)N2CCCN(S(=O)(=O)CC3CCCC3(C)C)CC2)cc1. The first-order valence-electron chi connectivity index (χ1n) is 11.3. The van der Waals surface area contributed by atoms with E-state index in [9.17, 15) is 16.8 Å². The highest BCUT2D eigenvalue weighted by Crippen LogP contribution is 2.43. The lowest BCUT2D eigenvalue weighted by atomic mass is 9.83. The lowest BCUT2D eigenvalue weighted by Gasteiger charge is -2.29. The van der Waals surface area contributed by atoms with Gasteiger partial charge < -0.3 is 0 Å². The maximum atomic E-state index is 13.2. The molecule has 1 aliphatic carbocycles. The molecule has 0 bridgehead atoms. The first kappa shape index (κ1) is 24.7. The Balaban J connectivity index is 1.70. The molecule has 176 valence electrons. The minimum Gasteiger partial charge on any atom is -0.212 e. The number of rotatable bonds is 5. The van der Waals surface area contributed by atoms with E-state index in [2.05, 4.69) is 34.6 Å². The Labute approximate surface area is 189 Å². The Hall–Kier alpha value is -0.960. The summed E-state index contributed by atoms with van der Waals surface area (Å²) in [6, 6.07) is 7.06. The van der Waals surface area contributed by atoms with Crippen LogP contribution in [0, 0.1) is 11.3 Å². The van der Waals surface area contributed by atoms with Crippen molar-refractivity contribution in [2.24, 2.45) is 11.3 Å². The molecule has 0 aromatic heterocycles. The first-order valence-corrected chi connectivity index (χ1v) is 14.4. The van der Waals surface area contributed by atoms with E-state index in [1.807, 2.05) is 12.1 Å². The Morgan fingerprint density at radius 3 is 2.03 bits per heavy atom. The summed E-state index contributed by atoms with van der Waals surface area (Å²) in [5.74, 6) is 0.336. The zero-order valence-corrected chi connectivity index (χ0v) is 21.2. The molecule has 8 heteroatoms. The monoisotopic (exact) mass is 470 g/mol. The van der Waals surface area contributed by atoms with Crippen molar-refractivity contribution in [1.82, 2.24) is 8.61 Å². The van der Waals surface area contributed by atoms with E-state index >= 15 is 0 Å². The number of hydrogen-bond donors (Lipinski definition) is 0. The van der Waals surface area contributed by atoms with Crippen molar-refractivity contribution >= 4 is 20.0 Å². The quantitative estimate of drug-likeness (QED) is 0.655. The highest BCUT2D eigenvalue weighted by molar-refractivity contribution is 7.89. The summed E-state index contributed by atoms with van der Waals surface area (Å²) < 4.78 is 55.5. The fraction of sp³-hybridized carbons (Fsp3) is 0.739. The second-order valence-corrected chi connectivity index (χ2v) is 14.7. The highest BCUT2D eigenvalue weighted by atomic mass is 32.2. The van der Waals surface area contributed by atoms with Gasteiger partial charge >= 0.3 is 0 Å². The molecule has 1 aromatic carbocycles. The molecule has 2 fully saturated rings. The maximum Gasteiger partial charge on any atom is 0.243 e. The fourth-order valence-corrected chi connectivity index (χ4v) is 8.31. The number of benzene rings is 1. The molecule has 1 atom stereocenters. The predicted molar refractivity (Wildman–Crippen MR) is 125 cm³/mol. The lowest BCUT2D eigenvalue weighted by molar-refractivity contribution is 0.278. The van der Waals surface area contributed by atoms with Crippen molar-refractivity contribution in [2.75, 3.05) is 31.9 Å². The summed E-state index contributed by atoms with van der Waals surface area (Å²) in [5, 5.41) is 0. The molecule has 1 aromatic rings. The van der Waals surface area contributed by atoms with Crippen LogP contribution in [-0.4, -0.2) is 57.4 Å². The molecular weight excluding hydrogens is 432 g/mol. The average molecular weight is 471 g/mol. The van der Waals surface area contributed by atoms with Gasteiger partial charge in [0.25, 0.3) is 0 Å². The second kappa shape index (κ2) is 8.76. The van der Waals surface area contributed by atoms with Crippen molar-refractivity contribution in [2.45, 2.75) is 70.6 Å². The topological polar surface area (TPSA) is 74.8 Å². The first-order chi connectivity index (χ1) is 14.2. The summed E-state index contributed by atoms with van der Waals surface area (Å²) in [4.78, 5) is 0.268. The van der Waals surface area contributed by atoms with E-state index < -0.39 is 20.0 Å². The van der Waals surface area contributed by atoms with Crippen LogP contribution in [-0.2, 0) is 25.5 Å². The van der Waals surface area contributed by atoms with Crippen LogP contribution in [0.4, 0.5) is 0 Å². The zero-order chi connectivity index (χ0) is 23.1. The molecule has 0 amide bonds. The maximum absolute atomic E-state index is 13.2. The van der Waals surface area contributed by atoms with E-state index in [1.165, 1.54) is 8.61 Å². The van der Waals surface area contributed by atoms with Gasteiger partial charge in [0, 0.05) is 26.2 Å². The molecule has 0 spiro atoms. The van der Waals surface area contributed by atoms with Gasteiger partial charge in [0.05, 0.1) is 10.6 Å². The molecule has 2 aliphatic rings. The minimum atomic E-state index is -3.65. The molecule has 1 aliphatic heterocycles. The summed E-state index contributed by atoms with van der Waals surface area (Å²) in [6.45, 7) is 11.7. The number of sulfonamides is 2. The molecule has 3 rings (SSSR count). The van der Waals surface area contributed by atoms with Crippen molar-refractivity contribution < 1.29 is 16.8 Å². The van der Waals surface area contributed by atoms with E-state index in [-0.39, 0.29) is 40.5 Å². The van der Waals surface area contributed by atoms with Crippen LogP contribution in [0.1, 0.15) is 65.9 Å². The van der Waals surface area contributed by atoms with Gasteiger partial charge in [-0.1, -0.05) is 53.2 Å². The Kier molecular flexibility index (Phi) is 6.98. The van der Waals surface area contributed by atoms with Gasteiger partial charge in [-0.3, -0.25) is 0 Å². The van der Waals surface area contributed by atoms with Crippen LogP contribution in [0.5, 0.6) is 0 Å². The van der Waals surface area contributed by atoms with Gasteiger partial charge in [0.15, 0.2) is 0 Å². The molecule has 1 heterocycles. The summed E-state index contributed by atoms with van der Waals surface area (Å²) in [6.07, 6.45) is 3.60. The third kappa shape index (κ3) is 5.52. The molecule has 1 saturated heterocycles. The van der Waals surface area contributed by atoms with Crippen LogP contribution in [0.2, 0.25) is 0 Å². The Bertz CT molecular complexity index is 977. The Morgan fingerprint density at radius 2 is 1.48 bits per heavy atom. The van der Waals surface area contributed by atoms with E-state index in [0.29, 0.717) is 19.5 Å². The smallest absolute Gasteiger partial charge is 0.212 e. The van der Waals surface area contributed by atoms with Crippen LogP contribution in [0.25, 0.3) is 0 Å². The van der Waals surface area contributed by atoms with Crippen LogP contribution < -0.4 is 0 Å². The summed E-state index contributed by atoms with van der Waals surface area (Å²) >= 11 is 0. The van der Waals surface area contributed by atoms with Crippen molar-refractivity contribution in [3.63, 3.8) is 0 Å². The fourth-order valence-electron chi connectivity index (χ4n) is 4.73. The largest absolute Gasteiger partial charge is 0.243 e. The molecule has 0 radical (unpaired) electrons. The van der Waals surface area contributed by atoms with E-state index in [1.54, 1.807) is 12.1 Å². The van der Waals surface area contributed by atoms with Gasteiger partial charge in [-0.05, 0) is 53.7 Å². The lowest BCUT2D eigenvalue weighted by Crippen LogP contribution is -2.40. The average Bonchev–Trinajstić information content (AvgIpc) is 2.87. The van der Waals surface area contributed by atoms with Crippen LogP contribution >= 0.6 is 0 Å². The van der Waals surface area contributed by atoms with E-state index in [0.717, 1.165) is 24.8 Å². The molecule has 0 N–H and O–H groups in total. The van der Waals surface area contributed by atoms with Gasteiger partial charge in [-0.25, -0.2) is 21.1 Å². The standard InChI is InChI=1S/C23H38N2O4S2/c1-22(2,3)19-9-11-21(12-10-19)31(28,29)25-15-7-14-24(16-17-25)30(26,27)18-20-8-6-13-23(20,4)5/h9-12,20H,6-8,13-18H2,1-5H3. The van der Waals surface area contributed by atoms with Crippen molar-refractivity contribution in [3.8, 4) is 0 Å². The molecule has 6 nitrogen and oxygen atoms in total. The minimum absolute atomic E-state index is 0.0480. The van der Waals surface area contributed by atoms with E-state index in [4.69, 9.17) is 0 Å². The molecule has 31 heavy (non-hydrogen) atoms. The van der Waals surface area contributed by atoms with Crippen LogP contribution in [0.3, 0.4) is 0 Å². The van der Waals surface area contributed by atoms with Crippen LogP contribution in [0.15, 0.2) is 29.2 Å². The van der Waals surface area contributed by atoms with Gasteiger partial charge in [0.1, 0.15) is 0 Å². The number of nitrogens with zero attached hydrogens (tertiary/aromatic N) is 2. The summed E-state index contributed by atoms with van der Waals surface area (Å²) in [7, 11) is -7.05. The number of hydrogen-bond acceptors (Lipinski definition) is 4. The van der Waals surface area contributed by atoms with Crippen molar-refractivity contribution in [1.29, 1.82) is 0 Å². The third-order valence-electron chi connectivity index (χ3n) is 7.06. The zero-order valence-electron chi connectivity index (χ0n) is 19.6. The highest BCUT2D eigenvalue weighted by Gasteiger charge is 2.39. The van der Waals surface area contributed by atoms with Gasteiger partial charge in [-0.2, -0.15) is 4.31 Å². The molecular formula is C23H38N2O4S2. The van der Waals surface area contributed by atoms with Gasteiger partial charge in [0.2, 0.25) is 20.0 Å². The molecule has 1 saturated carbocycles. The predicted octanol–water partition coefficient (Wildman–Crippen LogP) is 3.84. The second-order valence-electron chi connectivity index (χ2n) is 10.8. The Morgan fingerprint density at radius 1 is 0.903 bits per heavy atom. The summed E-state index contributed by atoms with van der Waals surface area (Å²) in [5.41, 5.74) is 1.08. The molecule has 1 unspecified atom stereocenters. The van der Waals surface area contributed by atoms with Gasteiger partial charge in [-0.15, -0.1) is 0 Å². The third-order valence-corrected chi connectivity index (χ3v) is 10.9. The normalized spacial score (nSPS) is 24.2.